The zero-order chi connectivity index (χ0) is 8.01. The predicted molar refractivity (Wildman–Crippen MR) is 40.3 cm³/mol. The average molecular weight is 172 g/mol. The van der Waals surface area contributed by atoms with Crippen LogP contribution in [0.1, 0.15) is 6.92 Å². The number of fused-ring (bicyclic) bond motifs is 1. The normalized spacial score (nSPS) is 42.5. The summed E-state index contributed by atoms with van der Waals surface area (Å²) >= 11 is 1.54. The molecule has 0 aromatic heterocycles. The maximum atomic E-state index is 11.1. The molecule has 3 nitrogen and oxygen atoms in total. The van der Waals surface area contributed by atoms with Crippen LogP contribution in [0.2, 0.25) is 0 Å². The van der Waals surface area contributed by atoms with Gasteiger partial charge in [0.1, 0.15) is 12.0 Å². The van der Waals surface area contributed by atoms with Gasteiger partial charge in [-0.05, 0) is 6.92 Å². The Balaban J connectivity index is 2.28. The van der Waals surface area contributed by atoms with Crippen LogP contribution in [0.5, 0.6) is 0 Å². The molecule has 3 atom stereocenters. The minimum absolute atomic E-state index is 0.0364. The molecule has 0 aromatic carbocycles. The Bertz CT molecular complexity index is 226. The molecule has 0 saturated carbocycles. The Labute approximate surface area is 68.5 Å². The lowest BCUT2D eigenvalue weighted by atomic mass is 10.0. The van der Waals surface area contributed by atoms with Gasteiger partial charge >= 0.3 is 5.97 Å². The van der Waals surface area contributed by atoms with Crippen LogP contribution in [0.15, 0.2) is 0 Å². The molecule has 2 heterocycles. The Morgan fingerprint density at radius 3 is 2.91 bits per heavy atom. The van der Waals surface area contributed by atoms with Gasteiger partial charge in [0.25, 0.3) is 0 Å². The number of carbonyl (C=O) groups excluding carboxylic acids is 2. The Morgan fingerprint density at radius 2 is 2.27 bits per heavy atom. The molecule has 4 heteroatoms. The first-order valence-electron chi connectivity index (χ1n) is 3.55. The third-order valence-electron chi connectivity index (χ3n) is 2.11. The number of esters is 1. The molecule has 0 amide bonds. The minimum atomic E-state index is -0.449. The summed E-state index contributed by atoms with van der Waals surface area (Å²) in [5.41, 5.74) is 0. The van der Waals surface area contributed by atoms with E-state index in [1.807, 2.05) is 6.92 Å². The van der Waals surface area contributed by atoms with E-state index in [1.54, 1.807) is 0 Å². The molecule has 60 valence electrons. The number of ether oxygens (including phenoxy) is 1. The van der Waals surface area contributed by atoms with Gasteiger partial charge in [0.05, 0.1) is 11.0 Å². The van der Waals surface area contributed by atoms with Crippen LogP contribution >= 0.6 is 11.8 Å². The Morgan fingerprint density at radius 1 is 1.55 bits per heavy atom. The van der Waals surface area contributed by atoms with Crippen LogP contribution in [-0.4, -0.2) is 28.9 Å². The highest BCUT2D eigenvalue weighted by Gasteiger charge is 2.50. The number of hydrogen-bond donors (Lipinski definition) is 0. The highest BCUT2D eigenvalue weighted by molar-refractivity contribution is 8.01. The summed E-state index contributed by atoms with van der Waals surface area (Å²) in [6.45, 7) is 1.84. The molecular formula is C7H8O3S. The minimum Gasteiger partial charge on any atom is -0.461 e. The lowest BCUT2D eigenvalue weighted by Gasteiger charge is -2.06. The predicted octanol–water partition coefficient (Wildman–Crippen LogP) is 0.232. The van der Waals surface area contributed by atoms with E-state index in [0.29, 0.717) is 5.75 Å². The molecule has 0 spiro atoms. The van der Waals surface area contributed by atoms with Crippen molar-refractivity contribution in [1.82, 2.24) is 0 Å². The van der Waals surface area contributed by atoms with E-state index in [4.69, 9.17) is 4.74 Å². The van der Waals surface area contributed by atoms with E-state index in [9.17, 15) is 9.59 Å². The van der Waals surface area contributed by atoms with Crippen LogP contribution in [0.4, 0.5) is 0 Å². The summed E-state index contributed by atoms with van der Waals surface area (Å²) in [6, 6.07) is 0. The first-order chi connectivity index (χ1) is 5.20. The van der Waals surface area contributed by atoms with Gasteiger partial charge in [-0.25, -0.2) is 0 Å². The van der Waals surface area contributed by atoms with E-state index in [2.05, 4.69) is 0 Å². The molecule has 2 fully saturated rings. The number of ketones is 1. The Hall–Kier alpha value is -0.510. The van der Waals surface area contributed by atoms with Gasteiger partial charge in [0, 0.05) is 0 Å². The molecule has 0 N–H and O–H groups in total. The Kier molecular flexibility index (Phi) is 1.45. The molecule has 2 aliphatic rings. The fraction of sp³-hybridized carbons (Fsp3) is 0.714. The molecule has 2 saturated heterocycles. The number of rotatable bonds is 0. The molecular weight excluding hydrogens is 164 g/mol. The van der Waals surface area contributed by atoms with Gasteiger partial charge in [-0.15, -0.1) is 11.8 Å². The van der Waals surface area contributed by atoms with Crippen molar-refractivity contribution in [3.05, 3.63) is 0 Å². The second-order valence-corrected chi connectivity index (χ2v) is 4.03. The van der Waals surface area contributed by atoms with Crippen molar-refractivity contribution in [2.75, 3.05) is 5.75 Å². The number of thioether (sulfide) groups is 1. The number of hydrogen-bond acceptors (Lipinski definition) is 4. The van der Waals surface area contributed by atoms with E-state index < -0.39 is 5.92 Å². The van der Waals surface area contributed by atoms with Crippen molar-refractivity contribution in [2.24, 2.45) is 5.92 Å². The van der Waals surface area contributed by atoms with Crippen LogP contribution in [0.25, 0.3) is 0 Å². The maximum absolute atomic E-state index is 11.1. The van der Waals surface area contributed by atoms with Gasteiger partial charge in [-0.3, -0.25) is 9.59 Å². The molecule has 0 unspecified atom stereocenters. The first-order valence-corrected chi connectivity index (χ1v) is 4.60. The molecule has 0 aromatic rings. The molecule has 0 bridgehead atoms. The van der Waals surface area contributed by atoms with E-state index in [0.717, 1.165) is 0 Å². The average Bonchev–Trinajstić information content (AvgIpc) is 2.41. The van der Waals surface area contributed by atoms with Crippen molar-refractivity contribution in [3.8, 4) is 0 Å². The van der Waals surface area contributed by atoms with Gasteiger partial charge in [-0.1, -0.05) is 0 Å². The van der Waals surface area contributed by atoms with Crippen LogP contribution < -0.4 is 0 Å². The number of carbonyl (C=O) groups is 2. The summed E-state index contributed by atoms with van der Waals surface area (Å²) in [5.74, 6) is -0.253. The summed E-state index contributed by atoms with van der Waals surface area (Å²) in [7, 11) is 0. The van der Waals surface area contributed by atoms with Gasteiger partial charge < -0.3 is 4.74 Å². The third-order valence-corrected chi connectivity index (χ3v) is 3.60. The van der Waals surface area contributed by atoms with Crippen LogP contribution in [0.3, 0.4) is 0 Å². The van der Waals surface area contributed by atoms with Crippen molar-refractivity contribution >= 4 is 23.5 Å². The van der Waals surface area contributed by atoms with Gasteiger partial charge in [0.15, 0.2) is 5.78 Å². The van der Waals surface area contributed by atoms with Crippen molar-refractivity contribution in [3.63, 3.8) is 0 Å². The number of cyclic esters (lactones) is 1. The van der Waals surface area contributed by atoms with Crippen molar-refractivity contribution in [2.45, 2.75) is 18.3 Å². The lowest BCUT2D eigenvalue weighted by Crippen LogP contribution is -2.22. The number of Topliss-reactive ketones (excluding diaryl/α,β-unsaturated/α-hetero) is 1. The summed E-state index contributed by atoms with van der Waals surface area (Å²) < 4.78 is 4.92. The first kappa shape index (κ1) is 7.16. The van der Waals surface area contributed by atoms with Gasteiger partial charge in [-0.2, -0.15) is 0 Å². The molecule has 2 aliphatic heterocycles. The smallest absolute Gasteiger partial charge is 0.318 e. The third kappa shape index (κ3) is 0.888. The summed E-state index contributed by atoms with van der Waals surface area (Å²) in [6.07, 6.45) is -0.0797. The van der Waals surface area contributed by atoms with E-state index in [-0.39, 0.29) is 23.1 Å². The maximum Gasteiger partial charge on any atom is 0.318 e. The zero-order valence-corrected chi connectivity index (χ0v) is 6.89. The zero-order valence-electron chi connectivity index (χ0n) is 6.07. The van der Waals surface area contributed by atoms with E-state index >= 15 is 0 Å². The molecule has 0 aliphatic carbocycles. The highest BCUT2D eigenvalue weighted by Crippen LogP contribution is 2.38. The van der Waals surface area contributed by atoms with Gasteiger partial charge in [0.2, 0.25) is 0 Å². The molecule has 2 rings (SSSR count). The second-order valence-electron chi connectivity index (χ2n) is 2.86. The highest BCUT2D eigenvalue weighted by atomic mass is 32.2. The molecule has 0 radical (unpaired) electrons. The topological polar surface area (TPSA) is 43.4 Å². The molecule has 11 heavy (non-hydrogen) atoms. The van der Waals surface area contributed by atoms with Crippen molar-refractivity contribution in [1.29, 1.82) is 0 Å². The lowest BCUT2D eigenvalue weighted by molar-refractivity contribution is -0.145. The standard InChI is InChI=1S/C7H8O3S/c1-3-6-5(7(9)10-3)4(8)2-11-6/h3,5-6H,2H2,1H3/t3-,5-,6-/m1/s1. The van der Waals surface area contributed by atoms with Crippen LogP contribution in [0, 0.1) is 5.92 Å². The summed E-state index contributed by atoms with van der Waals surface area (Å²) in [4.78, 5) is 22.1. The van der Waals surface area contributed by atoms with Crippen LogP contribution in [-0.2, 0) is 14.3 Å². The van der Waals surface area contributed by atoms with E-state index in [1.165, 1.54) is 11.8 Å². The summed E-state index contributed by atoms with van der Waals surface area (Å²) in [5, 5.41) is 0.0926. The largest absolute Gasteiger partial charge is 0.461 e. The second kappa shape index (κ2) is 2.24. The fourth-order valence-corrected chi connectivity index (χ4v) is 2.86. The van der Waals surface area contributed by atoms with Crippen molar-refractivity contribution < 1.29 is 14.3 Å². The quantitative estimate of drug-likeness (QED) is 0.387. The fourth-order valence-electron chi connectivity index (χ4n) is 1.54. The monoisotopic (exact) mass is 172 g/mol. The SMILES string of the molecule is C[C@H]1OC(=O)[C@@H]2C(=O)CS[C@@H]21.